The number of hydrogen-bond acceptors (Lipinski definition) is 3. The lowest BCUT2D eigenvalue weighted by Crippen LogP contribution is -2.13. The number of anilines is 1. The van der Waals surface area contributed by atoms with E-state index in [9.17, 15) is 4.79 Å². The Morgan fingerprint density at radius 3 is 2.96 bits per heavy atom. The predicted octanol–water partition coefficient (Wildman–Crippen LogP) is 4.66. The summed E-state index contributed by atoms with van der Waals surface area (Å²) in [6.07, 6.45) is 3.57. The molecule has 0 aliphatic carbocycles. The largest absolute Gasteiger partial charge is 0.333 e. The SMILES string of the molecule is O=C(Nc1cccc(Cl)c1)c1cc(-c2cccnc2)n2c1CSC2. The first kappa shape index (κ1) is 15.3. The van der Waals surface area contributed by atoms with Crippen LogP contribution in [0.25, 0.3) is 11.3 Å². The first-order valence-corrected chi connectivity index (χ1v) is 9.03. The Labute approximate surface area is 148 Å². The molecule has 1 aliphatic heterocycles. The van der Waals surface area contributed by atoms with Crippen LogP contribution in [0.5, 0.6) is 0 Å². The molecule has 0 fully saturated rings. The maximum Gasteiger partial charge on any atom is 0.257 e. The lowest BCUT2D eigenvalue weighted by atomic mass is 10.1. The molecule has 24 heavy (non-hydrogen) atoms. The van der Waals surface area contributed by atoms with E-state index in [1.165, 1.54) is 0 Å². The summed E-state index contributed by atoms with van der Waals surface area (Å²) in [4.78, 5) is 16.9. The van der Waals surface area contributed by atoms with Crippen LogP contribution in [0.15, 0.2) is 54.9 Å². The van der Waals surface area contributed by atoms with Crippen molar-refractivity contribution in [3.8, 4) is 11.3 Å². The van der Waals surface area contributed by atoms with E-state index >= 15 is 0 Å². The van der Waals surface area contributed by atoms with Crippen molar-refractivity contribution in [3.63, 3.8) is 0 Å². The summed E-state index contributed by atoms with van der Waals surface area (Å²) >= 11 is 7.79. The van der Waals surface area contributed by atoms with Crippen LogP contribution >= 0.6 is 23.4 Å². The minimum Gasteiger partial charge on any atom is -0.333 e. The molecule has 0 saturated heterocycles. The van der Waals surface area contributed by atoms with Crippen LogP contribution < -0.4 is 5.32 Å². The van der Waals surface area contributed by atoms with E-state index in [1.807, 2.05) is 36.5 Å². The maximum atomic E-state index is 12.7. The Morgan fingerprint density at radius 1 is 1.25 bits per heavy atom. The van der Waals surface area contributed by atoms with Gasteiger partial charge in [-0.05, 0) is 36.4 Å². The summed E-state index contributed by atoms with van der Waals surface area (Å²) in [7, 11) is 0. The highest BCUT2D eigenvalue weighted by molar-refractivity contribution is 7.97. The van der Waals surface area contributed by atoms with Gasteiger partial charge in [-0.15, -0.1) is 11.8 Å². The van der Waals surface area contributed by atoms with Gasteiger partial charge in [0.25, 0.3) is 5.91 Å². The van der Waals surface area contributed by atoms with E-state index in [2.05, 4.69) is 14.9 Å². The van der Waals surface area contributed by atoms with Gasteiger partial charge in [0.05, 0.1) is 17.1 Å². The number of nitrogens with one attached hydrogen (secondary N) is 1. The van der Waals surface area contributed by atoms with Gasteiger partial charge in [-0.2, -0.15) is 0 Å². The van der Waals surface area contributed by atoms with E-state index in [0.717, 1.165) is 28.6 Å². The topological polar surface area (TPSA) is 46.9 Å². The molecular weight excluding hydrogens is 342 g/mol. The zero-order chi connectivity index (χ0) is 16.5. The fourth-order valence-corrected chi connectivity index (χ4v) is 4.10. The fraction of sp³-hybridized carbons (Fsp3) is 0.111. The molecule has 4 rings (SSSR count). The molecule has 1 aromatic carbocycles. The van der Waals surface area contributed by atoms with Crippen molar-refractivity contribution in [2.45, 2.75) is 11.6 Å². The van der Waals surface area contributed by atoms with E-state index < -0.39 is 0 Å². The summed E-state index contributed by atoms with van der Waals surface area (Å²) in [5.41, 5.74) is 4.50. The van der Waals surface area contributed by atoms with Crippen molar-refractivity contribution < 1.29 is 4.79 Å². The van der Waals surface area contributed by atoms with Crippen molar-refractivity contribution in [2.24, 2.45) is 0 Å². The van der Waals surface area contributed by atoms with Crippen LogP contribution in [-0.2, 0) is 11.6 Å². The quantitative estimate of drug-likeness (QED) is 0.743. The average molecular weight is 356 g/mol. The average Bonchev–Trinajstić information content (AvgIpc) is 3.17. The first-order chi connectivity index (χ1) is 11.7. The standard InChI is InChI=1S/C18H14ClN3OS/c19-13-4-1-5-14(7-13)21-18(23)15-8-16(12-3-2-6-20-9-12)22-11-24-10-17(15)22/h1-9H,10-11H2,(H,21,23). The molecule has 1 amide bonds. The summed E-state index contributed by atoms with van der Waals surface area (Å²) in [6.45, 7) is 0. The molecule has 0 radical (unpaired) electrons. The highest BCUT2D eigenvalue weighted by Crippen LogP contribution is 2.35. The number of halogens is 1. The predicted molar refractivity (Wildman–Crippen MR) is 98.4 cm³/mol. The number of nitrogens with zero attached hydrogens (tertiary/aromatic N) is 2. The summed E-state index contributed by atoms with van der Waals surface area (Å²) < 4.78 is 2.19. The number of benzene rings is 1. The van der Waals surface area contributed by atoms with E-state index in [4.69, 9.17) is 11.6 Å². The second kappa shape index (κ2) is 6.34. The van der Waals surface area contributed by atoms with Crippen LogP contribution in [0.3, 0.4) is 0 Å². The molecule has 1 N–H and O–H groups in total. The molecule has 0 saturated carbocycles. The summed E-state index contributed by atoms with van der Waals surface area (Å²) in [6, 6.07) is 13.0. The fourth-order valence-electron chi connectivity index (χ4n) is 2.84. The number of hydrogen-bond donors (Lipinski definition) is 1. The highest BCUT2D eigenvalue weighted by Gasteiger charge is 2.24. The molecule has 3 aromatic rings. The number of carbonyl (C=O) groups is 1. The highest BCUT2D eigenvalue weighted by atomic mass is 35.5. The molecule has 3 heterocycles. The van der Waals surface area contributed by atoms with Gasteiger partial charge in [0.15, 0.2) is 0 Å². The molecule has 0 spiro atoms. The third-order valence-electron chi connectivity index (χ3n) is 3.95. The normalized spacial score (nSPS) is 12.9. The third kappa shape index (κ3) is 2.81. The molecule has 2 aromatic heterocycles. The Bertz CT molecular complexity index is 908. The Balaban J connectivity index is 1.70. The lowest BCUT2D eigenvalue weighted by molar-refractivity contribution is 0.102. The third-order valence-corrected chi connectivity index (χ3v) is 5.11. The van der Waals surface area contributed by atoms with Crippen LogP contribution in [0.4, 0.5) is 5.69 Å². The maximum absolute atomic E-state index is 12.7. The number of thioether (sulfide) groups is 1. The van der Waals surface area contributed by atoms with E-state index in [1.54, 1.807) is 30.1 Å². The number of fused-ring (bicyclic) bond motifs is 1. The Kier molecular flexibility index (Phi) is 4.04. The van der Waals surface area contributed by atoms with Gasteiger partial charge in [-0.3, -0.25) is 9.78 Å². The van der Waals surface area contributed by atoms with Gasteiger partial charge < -0.3 is 9.88 Å². The Morgan fingerprint density at radius 2 is 2.17 bits per heavy atom. The van der Waals surface area contributed by atoms with Crippen molar-refractivity contribution in [2.75, 3.05) is 5.32 Å². The monoisotopic (exact) mass is 355 g/mol. The van der Waals surface area contributed by atoms with Crippen LogP contribution in [0.2, 0.25) is 5.02 Å². The zero-order valence-corrected chi connectivity index (χ0v) is 14.3. The first-order valence-electron chi connectivity index (χ1n) is 7.50. The smallest absolute Gasteiger partial charge is 0.257 e. The Hall–Kier alpha value is -2.24. The molecule has 120 valence electrons. The number of amides is 1. The van der Waals surface area contributed by atoms with Crippen LogP contribution in [-0.4, -0.2) is 15.5 Å². The second-order valence-corrected chi connectivity index (χ2v) is 6.89. The van der Waals surface area contributed by atoms with Crippen LogP contribution in [0.1, 0.15) is 16.1 Å². The zero-order valence-electron chi connectivity index (χ0n) is 12.7. The minimum absolute atomic E-state index is 0.112. The number of carbonyl (C=O) groups excluding carboxylic acids is 1. The van der Waals surface area contributed by atoms with Gasteiger partial charge in [0, 0.05) is 40.1 Å². The summed E-state index contributed by atoms with van der Waals surface area (Å²) in [5, 5.41) is 3.53. The summed E-state index contributed by atoms with van der Waals surface area (Å²) in [5.74, 6) is 1.57. The molecule has 0 atom stereocenters. The molecular formula is C18H14ClN3OS. The van der Waals surface area contributed by atoms with Gasteiger partial charge in [-0.1, -0.05) is 17.7 Å². The van der Waals surface area contributed by atoms with Crippen molar-refractivity contribution in [1.82, 2.24) is 9.55 Å². The van der Waals surface area contributed by atoms with Gasteiger partial charge >= 0.3 is 0 Å². The molecule has 1 aliphatic rings. The number of aromatic nitrogens is 2. The van der Waals surface area contributed by atoms with E-state index in [0.29, 0.717) is 16.3 Å². The lowest BCUT2D eigenvalue weighted by Gasteiger charge is -2.05. The van der Waals surface area contributed by atoms with Crippen molar-refractivity contribution in [3.05, 3.63) is 71.1 Å². The molecule has 0 unspecified atom stereocenters. The minimum atomic E-state index is -0.112. The van der Waals surface area contributed by atoms with Gasteiger partial charge in [0.1, 0.15) is 0 Å². The van der Waals surface area contributed by atoms with E-state index in [-0.39, 0.29) is 5.91 Å². The van der Waals surface area contributed by atoms with Gasteiger partial charge in [0.2, 0.25) is 0 Å². The van der Waals surface area contributed by atoms with Crippen molar-refractivity contribution in [1.29, 1.82) is 0 Å². The molecule has 0 bridgehead atoms. The van der Waals surface area contributed by atoms with Crippen LogP contribution in [0, 0.1) is 0 Å². The molecule has 6 heteroatoms. The second-order valence-electron chi connectivity index (χ2n) is 5.50. The number of pyridine rings is 1. The molecule has 4 nitrogen and oxygen atoms in total. The van der Waals surface area contributed by atoms with Gasteiger partial charge in [-0.25, -0.2) is 0 Å². The number of rotatable bonds is 3. The van der Waals surface area contributed by atoms with Crippen molar-refractivity contribution >= 4 is 35.0 Å².